The Hall–Kier alpha value is -1.36. The molecule has 0 N–H and O–H groups in total. The molecular weight excluding hydrogens is 268 g/mol. The Morgan fingerprint density at radius 2 is 2.14 bits per heavy atom. The number of carbonyl (C=O) groups is 2. The molecular formula is C16H26N2O3. The van der Waals surface area contributed by atoms with E-state index in [1.54, 1.807) is 7.05 Å². The quantitative estimate of drug-likeness (QED) is 0.576. The summed E-state index contributed by atoms with van der Waals surface area (Å²) in [6.45, 7) is 5.14. The molecule has 0 radical (unpaired) electrons. The largest absolute Gasteiger partial charge is 0.370 e. The number of Topliss-reactive ketones (excluding diaryl/α,β-unsaturated/α-hetero) is 1. The molecule has 2 rings (SSSR count). The third-order valence-corrected chi connectivity index (χ3v) is 4.69. The van der Waals surface area contributed by atoms with Crippen LogP contribution in [0, 0.1) is 5.92 Å². The number of nitrogens with zero attached hydrogens (tertiary/aromatic N) is 2. The molecule has 1 amide bonds. The van der Waals surface area contributed by atoms with Crippen LogP contribution in [-0.2, 0) is 14.4 Å². The summed E-state index contributed by atoms with van der Waals surface area (Å²) in [6, 6.07) is 0.259. The fourth-order valence-electron chi connectivity index (χ4n) is 3.63. The van der Waals surface area contributed by atoms with E-state index in [4.69, 9.17) is 4.84 Å². The second-order valence-electron chi connectivity index (χ2n) is 5.84. The van der Waals surface area contributed by atoms with Crippen LogP contribution in [0.3, 0.4) is 0 Å². The van der Waals surface area contributed by atoms with E-state index in [1.165, 1.54) is 7.11 Å². The molecule has 21 heavy (non-hydrogen) atoms. The number of carbonyl (C=O) groups excluding carboxylic acids is 2. The minimum absolute atomic E-state index is 0.0120. The molecule has 2 aliphatic heterocycles. The smallest absolute Gasteiger partial charge is 0.282 e. The van der Waals surface area contributed by atoms with Crippen LogP contribution >= 0.6 is 0 Å². The highest BCUT2D eigenvalue weighted by molar-refractivity contribution is 6.21. The fraction of sp³-hybridized carbons (Fsp3) is 0.750. The van der Waals surface area contributed by atoms with Crippen molar-refractivity contribution in [1.29, 1.82) is 0 Å². The lowest BCUT2D eigenvalue weighted by atomic mass is 9.81. The Bertz CT molecular complexity index is 458. The van der Waals surface area contributed by atoms with Gasteiger partial charge in [0.25, 0.3) is 5.91 Å². The predicted molar refractivity (Wildman–Crippen MR) is 80.2 cm³/mol. The third kappa shape index (κ3) is 2.71. The SMILES string of the molecule is CCC[C@@H]1[C@@H](CC)C(=O)C(C(=O)N(C)OC)=C2CCCN21. The van der Waals surface area contributed by atoms with Gasteiger partial charge in [-0.05, 0) is 25.7 Å². The maximum absolute atomic E-state index is 12.9. The highest BCUT2D eigenvalue weighted by Crippen LogP contribution is 2.39. The predicted octanol–water partition coefficient (Wildman–Crippen LogP) is 2.13. The van der Waals surface area contributed by atoms with Crippen LogP contribution in [0.4, 0.5) is 0 Å². The second kappa shape index (κ2) is 6.60. The Morgan fingerprint density at radius 3 is 2.71 bits per heavy atom. The maximum Gasteiger partial charge on any atom is 0.282 e. The molecule has 0 spiro atoms. The van der Waals surface area contributed by atoms with Crippen molar-refractivity contribution in [2.24, 2.45) is 5.92 Å². The van der Waals surface area contributed by atoms with E-state index in [9.17, 15) is 9.59 Å². The van der Waals surface area contributed by atoms with Gasteiger partial charge in [-0.2, -0.15) is 0 Å². The number of ketones is 1. The van der Waals surface area contributed by atoms with Crippen LogP contribution in [0.25, 0.3) is 0 Å². The molecule has 0 aromatic carbocycles. The van der Waals surface area contributed by atoms with E-state index in [1.807, 2.05) is 6.92 Å². The van der Waals surface area contributed by atoms with Crippen LogP contribution in [0.1, 0.15) is 46.0 Å². The molecule has 0 bridgehead atoms. The number of hydrogen-bond acceptors (Lipinski definition) is 4. The molecule has 1 fully saturated rings. The zero-order valence-corrected chi connectivity index (χ0v) is 13.5. The topological polar surface area (TPSA) is 49.9 Å². The van der Waals surface area contributed by atoms with E-state index >= 15 is 0 Å². The van der Waals surface area contributed by atoms with E-state index in [2.05, 4.69) is 11.8 Å². The molecule has 2 atom stereocenters. The van der Waals surface area contributed by atoms with E-state index in [-0.39, 0.29) is 23.7 Å². The van der Waals surface area contributed by atoms with Crippen molar-refractivity contribution in [3.05, 3.63) is 11.3 Å². The van der Waals surface area contributed by atoms with Crippen LogP contribution < -0.4 is 0 Å². The highest BCUT2D eigenvalue weighted by atomic mass is 16.7. The molecule has 1 saturated heterocycles. The van der Waals surface area contributed by atoms with Gasteiger partial charge in [0.15, 0.2) is 5.78 Å². The Labute approximate surface area is 126 Å². The number of amides is 1. The van der Waals surface area contributed by atoms with Crippen molar-refractivity contribution in [2.75, 3.05) is 20.7 Å². The van der Waals surface area contributed by atoms with Gasteiger partial charge in [-0.3, -0.25) is 14.4 Å². The summed E-state index contributed by atoms with van der Waals surface area (Å²) in [5.74, 6) is -0.369. The van der Waals surface area contributed by atoms with Crippen molar-refractivity contribution in [3.63, 3.8) is 0 Å². The van der Waals surface area contributed by atoms with Gasteiger partial charge >= 0.3 is 0 Å². The standard InChI is InChI=1S/C16H26N2O3/c1-5-8-12-11(6-2)15(19)14(16(20)17(3)21-4)13-9-7-10-18(12)13/h11-12H,5-10H2,1-4H3/t11-,12-/m1/s1. The molecule has 0 aliphatic carbocycles. The van der Waals surface area contributed by atoms with Gasteiger partial charge in [-0.25, -0.2) is 5.06 Å². The normalized spacial score (nSPS) is 25.3. The third-order valence-electron chi connectivity index (χ3n) is 4.69. The summed E-state index contributed by atoms with van der Waals surface area (Å²) in [5, 5.41) is 1.16. The molecule has 5 heteroatoms. The minimum atomic E-state index is -0.308. The van der Waals surface area contributed by atoms with E-state index in [0.717, 1.165) is 49.4 Å². The maximum atomic E-state index is 12.9. The van der Waals surface area contributed by atoms with Gasteiger partial charge in [0, 0.05) is 31.2 Å². The van der Waals surface area contributed by atoms with Crippen molar-refractivity contribution in [3.8, 4) is 0 Å². The first-order valence-corrected chi connectivity index (χ1v) is 7.92. The Kier molecular flexibility index (Phi) is 5.04. The first-order valence-electron chi connectivity index (χ1n) is 7.92. The Morgan fingerprint density at radius 1 is 1.43 bits per heavy atom. The summed E-state index contributed by atoms with van der Waals surface area (Å²) in [6.07, 6.45) is 4.68. The number of fused-ring (bicyclic) bond motifs is 1. The molecule has 0 aromatic heterocycles. The average molecular weight is 294 g/mol. The van der Waals surface area contributed by atoms with Crippen LogP contribution in [0.2, 0.25) is 0 Å². The van der Waals surface area contributed by atoms with Gasteiger partial charge in [-0.1, -0.05) is 20.3 Å². The number of likely N-dealkylation sites (N-methyl/N-ethyl adjacent to an activating group) is 1. The average Bonchev–Trinajstić information content (AvgIpc) is 2.95. The summed E-state index contributed by atoms with van der Waals surface area (Å²) in [5.41, 5.74) is 1.30. The summed E-state index contributed by atoms with van der Waals surface area (Å²) in [4.78, 5) is 32.7. The fourth-order valence-corrected chi connectivity index (χ4v) is 3.63. The lowest BCUT2D eigenvalue weighted by Gasteiger charge is -2.41. The van der Waals surface area contributed by atoms with Crippen molar-refractivity contribution in [1.82, 2.24) is 9.96 Å². The first-order chi connectivity index (χ1) is 10.1. The van der Waals surface area contributed by atoms with Crippen molar-refractivity contribution >= 4 is 11.7 Å². The van der Waals surface area contributed by atoms with Crippen molar-refractivity contribution < 1.29 is 14.4 Å². The Balaban J connectivity index is 2.44. The van der Waals surface area contributed by atoms with Crippen LogP contribution in [0.5, 0.6) is 0 Å². The van der Waals surface area contributed by atoms with Crippen LogP contribution in [0.15, 0.2) is 11.3 Å². The zero-order chi connectivity index (χ0) is 15.6. The lowest BCUT2D eigenvalue weighted by molar-refractivity contribution is -0.165. The number of rotatable bonds is 5. The monoisotopic (exact) mass is 294 g/mol. The summed E-state index contributed by atoms with van der Waals surface area (Å²) < 4.78 is 0. The molecule has 2 aliphatic rings. The van der Waals surface area contributed by atoms with Crippen LogP contribution in [-0.4, -0.2) is 48.4 Å². The van der Waals surface area contributed by atoms with Gasteiger partial charge in [-0.15, -0.1) is 0 Å². The van der Waals surface area contributed by atoms with E-state index in [0.29, 0.717) is 5.57 Å². The van der Waals surface area contributed by atoms with Gasteiger partial charge in [0.2, 0.25) is 0 Å². The number of allylic oxidation sites excluding steroid dienone is 1. The lowest BCUT2D eigenvalue weighted by Crippen LogP contribution is -2.49. The number of hydrogen-bond donors (Lipinski definition) is 0. The zero-order valence-electron chi connectivity index (χ0n) is 13.5. The minimum Gasteiger partial charge on any atom is -0.370 e. The number of hydroxylamine groups is 2. The van der Waals surface area contributed by atoms with Gasteiger partial charge in [0.1, 0.15) is 5.57 Å². The summed E-state index contributed by atoms with van der Waals surface area (Å²) >= 11 is 0. The molecule has 0 saturated carbocycles. The van der Waals surface area contributed by atoms with Crippen molar-refractivity contribution in [2.45, 2.75) is 52.0 Å². The highest BCUT2D eigenvalue weighted by Gasteiger charge is 2.44. The van der Waals surface area contributed by atoms with Gasteiger partial charge < -0.3 is 4.90 Å². The molecule has 2 heterocycles. The molecule has 0 aromatic rings. The first kappa shape index (κ1) is 16.0. The van der Waals surface area contributed by atoms with E-state index < -0.39 is 0 Å². The summed E-state index contributed by atoms with van der Waals surface area (Å²) in [7, 11) is 3.00. The molecule has 118 valence electrons. The van der Waals surface area contributed by atoms with Gasteiger partial charge in [0.05, 0.1) is 7.11 Å². The second-order valence-corrected chi connectivity index (χ2v) is 5.84. The molecule has 5 nitrogen and oxygen atoms in total. The molecule has 0 unspecified atom stereocenters.